The van der Waals surface area contributed by atoms with Crippen molar-refractivity contribution in [3.05, 3.63) is 47.3 Å². The minimum Gasteiger partial charge on any atom is -0.294 e. The van der Waals surface area contributed by atoms with E-state index in [2.05, 4.69) is 17.9 Å². The number of hydrogen-bond donors (Lipinski definition) is 0. The molecule has 202 valence electrons. The molecule has 2 aliphatic carbocycles. The standard InChI is InChI=1S/C33H47FNO2/c1-4-27-28(17-11-18-29(27)34)33(37)25-16-10-14-24(20-21-25)13-9-8-12-23(2)32(36)31-22-26-15-6-5-7-19-30(26)35(31)3/h11,17-18,24-26,30-31H,2-10,12-16,19-22H2,1H3/q+1. The maximum atomic E-state index is 14.2. The van der Waals surface area contributed by atoms with Gasteiger partial charge < -0.3 is 0 Å². The number of benzene rings is 1. The molecule has 1 aromatic rings. The average Bonchev–Trinajstić information content (AvgIpc) is 3.10. The molecule has 0 amide bonds. The Bertz CT molecular complexity index is 998. The first-order valence-electron chi connectivity index (χ1n) is 15.0. The molecule has 1 aliphatic heterocycles. The SMILES string of the molecule is C=C(CCCCC1CCCC(C(=O)c2cccc(F)c2CC)CC1)C(=O)C1CC2CCCCCC2[N+]1=C. The van der Waals surface area contributed by atoms with Gasteiger partial charge in [0, 0.05) is 30.2 Å². The third-order valence-corrected chi connectivity index (χ3v) is 9.66. The maximum Gasteiger partial charge on any atom is 0.225 e. The first kappa shape index (κ1) is 27.9. The lowest BCUT2D eigenvalue weighted by atomic mass is 9.87. The van der Waals surface area contributed by atoms with E-state index in [1.807, 2.05) is 6.92 Å². The first-order chi connectivity index (χ1) is 17.9. The Hall–Kier alpha value is -2.10. The summed E-state index contributed by atoms with van der Waals surface area (Å²) in [5.41, 5.74) is 1.94. The number of halogens is 1. The van der Waals surface area contributed by atoms with Gasteiger partial charge in [-0.3, -0.25) is 9.59 Å². The van der Waals surface area contributed by atoms with Crippen molar-refractivity contribution in [1.82, 2.24) is 0 Å². The molecule has 3 nitrogen and oxygen atoms in total. The van der Waals surface area contributed by atoms with Crippen LogP contribution in [0, 0.1) is 23.6 Å². The molecular weight excluding hydrogens is 461 g/mol. The molecule has 0 spiro atoms. The normalized spacial score (nSPS) is 28.3. The highest BCUT2D eigenvalue weighted by Crippen LogP contribution is 2.37. The Morgan fingerprint density at radius 2 is 1.81 bits per heavy atom. The maximum absolute atomic E-state index is 14.2. The molecule has 0 radical (unpaired) electrons. The summed E-state index contributed by atoms with van der Waals surface area (Å²) < 4.78 is 16.3. The van der Waals surface area contributed by atoms with Gasteiger partial charge in [-0.25, -0.2) is 8.97 Å². The second-order valence-electron chi connectivity index (χ2n) is 12.0. The van der Waals surface area contributed by atoms with E-state index in [0.29, 0.717) is 35.4 Å². The van der Waals surface area contributed by atoms with Gasteiger partial charge >= 0.3 is 0 Å². The van der Waals surface area contributed by atoms with Gasteiger partial charge in [0.15, 0.2) is 11.8 Å². The van der Waals surface area contributed by atoms with E-state index in [1.165, 1.54) is 38.2 Å². The van der Waals surface area contributed by atoms with Crippen LogP contribution in [0.2, 0.25) is 0 Å². The summed E-state index contributed by atoms with van der Waals surface area (Å²) in [6.07, 6.45) is 16.9. The fourth-order valence-electron chi connectivity index (χ4n) is 7.42. The molecule has 0 aromatic heterocycles. The van der Waals surface area contributed by atoms with Crippen LogP contribution in [0.15, 0.2) is 30.4 Å². The summed E-state index contributed by atoms with van der Waals surface area (Å²) in [4.78, 5) is 26.4. The highest BCUT2D eigenvalue weighted by Gasteiger charge is 2.47. The zero-order valence-electron chi connectivity index (χ0n) is 23.0. The third-order valence-electron chi connectivity index (χ3n) is 9.66. The van der Waals surface area contributed by atoms with Crippen molar-refractivity contribution in [2.24, 2.45) is 17.8 Å². The number of unbranched alkanes of at least 4 members (excludes halogenated alkanes) is 1. The highest BCUT2D eigenvalue weighted by molar-refractivity contribution is 5.99. The number of nitrogens with zero attached hydrogens (tertiary/aromatic N) is 1. The Labute approximate surface area is 223 Å². The zero-order chi connectivity index (χ0) is 26.4. The van der Waals surface area contributed by atoms with Crippen molar-refractivity contribution < 1.29 is 18.6 Å². The fraction of sp³-hybridized carbons (Fsp3) is 0.667. The number of Topliss-reactive ketones (excluding diaryl/α,β-unsaturated/α-hetero) is 2. The molecule has 4 rings (SSSR count). The van der Waals surface area contributed by atoms with Crippen LogP contribution in [0.3, 0.4) is 0 Å². The summed E-state index contributed by atoms with van der Waals surface area (Å²) in [5.74, 6) is 1.37. The predicted octanol–water partition coefficient (Wildman–Crippen LogP) is 7.89. The van der Waals surface area contributed by atoms with E-state index in [-0.39, 0.29) is 29.3 Å². The van der Waals surface area contributed by atoms with Crippen LogP contribution in [-0.4, -0.2) is 34.9 Å². The molecule has 5 atom stereocenters. The smallest absolute Gasteiger partial charge is 0.225 e. The molecule has 1 saturated heterocycles. The van der Waals surface area contributed by atoms with Crippen LogP contribution in [0.5, 0.6) is 0 Å². The molecule has 5 unspecified atom stereocenters. The van der Waals surface area contributed by atoms with E-state index in [1.54, 1.807) is 12.1 Å². The fourth-order valence-corrected chi connectivity index (χ4v) is 7.42. The van der Waals surface area contributed by atoms with E-state index in [9.17, 15) is 14.0 Å². The lowest BCUT2D eigenvalue weighted by Crippen LogP contribution is -2.33. The third kappa shape index (κ3) is 6.67. The molecule has 0 bridgehead atoms. The zero-order valence-corrected chi connectivity index (χ0v) is 23.0. The summed E-state index contributed by atoms with van der Waals surface area (Å²) in [7, 11) is 0. The molecule has 1 aromatic carbocycles. The summed E-state index contributed by atoms with van der Waals surface area (Å²) >= 11 is 0. The number of fused-ring (bicyclic) bond motifs is 1. The number of carbonyl (C=O) groups excluding carboxylic acids is 2. The molecule has 37 heavy (non-hydrogen) atoms. The van der Waals surface area contributed by atoms with E-state index in [4.69, 9.17) is 0 Å². The quantitative estimate of drug-likeness (QED) is 0.106. The number of rotatable bonds is 10. The summed E-state index contributed by atoms with van der Waals surface area (Å²) in [6, 6.07) is 5.33. The molecule has 3 aliphatic rings. The van der Waals surface area contributed by atoms with Gasteiger partial charge in [0.05, 0.1) is 0 Å². The molecule has 3 fully saturated rings. The minimum atomic E-state index is -0.260. The average molecular weight is 509 g/mol. The minimum absolute atomic E-state index is 0.0134. The predicted molar refractivity (Wildman–Crippen MR) is 149 cm³/mol. The van der Waals surface area contributed by atoms with Crippen LogP contribution in [0.25, 0.3) is 0 Å². The van der Waals surface area contributed by atoms with Crippen molar-refractivity contribution in [3.8, 4) is 0 Å². The van der Waals surface area contributed by atoms with Crippen LogP contribution in [0.1, 0.15) is 119 Å². The van der Waals surface area contributed by atoms with E-state index < -0.39 is 0 Å². The van der Waals surface area contributed by atoms with Crippen LogP contribution < -0.4 is 0 Å². The summed E-state index contributed by atoms with van der Waals surface area (Å²) in [5, 5.41) is 0. The largest absolute Gasteiger partial charge is 0.294 e. The van der Waals surface area contributed by atoms with Gasteiger partial charge in [-0.2, -0.15) is 0 Å². The van der Waals surface area contributed by atoms with E-state index in [0.717, 1.165) is 69.8 Å². The van der Waals surface area contributed by atoms with Gasteiger partial charge in [-0.05, 0) is 74.5 Å². The molecule has 1 heterocycles. The van der Waals surface area contributed by atoms with Crippen LogP contribution in [-0.2, 0) is 11.2 Å². The first-order valence-corrected chi connectivity index (χ1v) is 15.0. The highest BCUT2D eigenvalue weighted by atomic mass is 19.1. The number of hydrogen-bond acceptors (Lipinski definition) is 2. The van der Waals surface area contributed by atoms with Gasteiger partial charge in [0.2, 0.25) is 11.8 Å². The molecular formula is C33H47FNO2+. The lowest BCUT2D eigenvalue weighted by Gasteiger charge is -2.16. The van der Waals surface area contributed by atoms with Crippen molar-refractivity contribution in [2.75, 3.05) is 0 Å². The van der Waals surface area contributed by atoms with Gasteiger partial charge in [-0.1, -0.05) is 64.2 Å². The van der Waals surface area contributed by atoms with Crippen molar-refractivity contribution in [1.29, 1.82) is 0 Å². The topological polar surface area (TPSA) is 37.1 Å². The Balaban J connectivity index is 1.19. The van der Waals surface area contributed by atoms with Gasteiger partial charge in [0.1, 0.15) is 12.5 Å². The van der Waals surface area contributed by atoms with Crippen LogP contribution >= 0.6 is 0 Å². The van der Waals surface area contributed by atoms with Gasteiger partial charge in [-0.15, -0.1) is 0 Å². The van der Waals surface area contributed by atoms with Crippen LogP contribution in [0.4, 0.5) is 4.39 Å². The number of carbonyl (C=O) groups is 2. The van der Waals surface area contributed by atoms with E-state index >= 15 is 0 Å². The second kappa shape index (κ2) is 13.1. The number of ketones is 2. The second-order valence-corrected chi connectivity index (χ2v) is 12.0. The van der Waals surface area contributed by atoms with Crippen molar-refractivity contribution >= 4 is 18.3 Å². The Morgan fingerprint density at radius 3 is 2.62 bits per heavy atom. The Morgan fingerprint density at radius 1 is 1.00 bits per heavy atom. The molecule has 0 N–H and O–H groups in total. The molecule has 4 heteroatoms. The van der Waals surface area contributed by atoms with Gasteiger partial charge in [0.25, 0.3) is 0 Å². The molecule has 2 saturated carbocycles. The monoisotopic (exact) mass is 508 g/mol. The van der Waals surface area contributed by atoms with Crippen molar-refractivity contribution in [3.63, 3.8) is 0 Å². The Kier molecular flexibility index (Phi) is 9.90. The summed E-state index contributed by atoms with van der Waals surface area (Å²) in [6.45, 7) is 10.4. The van der Waals surface area contributed by atoms with Crippen molar-refractivity contribution in [2.45, 2.75) is 122 Å². The lowest BCUT2D eigenvalue weighted by molar-refractivity contribution is -0.561.